The van der Waals surface area contributed by atoms with Gasteiger partial charge in [0.15, 0.2) is 0 Å². The Hall–Kier alpha value is -3.80. The Morgan fingerprint density at radius 1 is 1.16 bits per heavy atom. The van der Waals surface area contributed by atoms with Crippen LogP contribution >= 0.6 is 0 Å². The third-order valence-corrected chi connectivity index (χ3v) is 9.82. The lowest BCUT2D eigenvalue weighted by Gasteiger charge is -2.46. The molecule has 4 saturated heterocycles. The fourth-order valence-corrected chi connectivity index (χ4v) is 7.80. The van der Waals surface area contributed by atoms with E-state index in [4.69, 9.17) is 19.4 Å². The maximum absolute atomic E-state index is 14.5. The molecule has 2 aromatic heterocycles. The highest BCUT2D eigenvalue weighted by Gasteiger charge is 2.49. The summed E-state index contributed by atoms with van der Waals surface area (Å²) in [4.78, 5) is 28.4. The molecule has 0 radical (unpaired) electrons. The first-order valence-corrected chi connectivity index (χ1v) is 15.1. The average molecular weight is 587 g/mol. The van der Waals surface area contributed by atoms with Gasteiger partial charge < -0.3 is 29.4 Å². The standard InChI is InChI=1S/C32H35FN6O4/c1-37-27(25-10-23(40)9-19-5-2-3-6-24(19)25)11-26-28(30(37)41)29(39-21-13-34-14-22(39)17-42-16-21)36-31(35-26)43-18-32-7-4-8-38(32)15-20(33)12-32/h2-3,5-6,9-11,20-22,34,40H,4,7-8,12-18H2,1H3/t20-,21?,22?,32+/m1/s1. The molecule has 0 spiro atoms. The number of anilines is 1. The molecule has 4 aliphatic rings. The summed E-state index contributed by atoms with van der Waals surface area (Å²) in [6, 6.07) is 13.3. The lowest BCUT2D eigenvalue weighted by Crippen LogP contribution is -2.64. The lowest BCUT2D eigenvalue weighted by atomic mass is 9.95. The van der Waals surface area contributed by atoms with Crippen LogP contribution in [0.5, 0.6) is 11.8 Å². The Bertz CT molecular complexity index is 1780. The van der Waals surface area contributed by atoms with Gasteiger partial charge in [0.2, 0.25) is 0 Å². The van der Waals surface area contributed by atoms with Crippen LogP contribution in [0, 0.1) is 0 Å². The van der Waals surface area contributed by atoms with Crippen molar-refractivity contribution in [3.05, 3.63) is 52.8 Å². The molecule has 2 aromatic carbocycles. The molecular formula is C32H35FN6O4. The Morgan fingerprint density at radius 2 is 1.98 bits per heavy atom. The van der Waals surface area contributed by atoms with Gasteiger partial charge in [-0.25, -0.2) is 4.39 Å². The van der Waals surface area contributed by atoms with Gasteiger partial charge in [0, 0.05) is 38.7 Å². The third-order valence-electron chi connectivity index (χ3n) is 9.82. The van der Waals surface area contributed by atoms with Gasteiger partial charge in [-0.15, -0.1) is 0 Å². The number of ether oxygens (including phenoxy) is 2. The second kappa shape index (κ2) is 10.1. The van der Waals surface area contributed by atoms with Gasteiger partial charge in [-0.1, -0.05) is 24.3 Å². The molecule has 2 bridgehead atoms. The number of halogens is 1. The summed E-state index contributed by atoms with van der Waals surface area (Å²) in [5.41, 5.74) is 1.25. The summed E-state index contributed by atoms with van der Waals surface area (Å²) in [6.45, 7) is 4.07. The number of hydrogen-bond acceptors (Lipinski definition) is 9. The van der Waals surface area contributed by atoms with E-state index in [2.05, 4.69) is 15.1 Å². The van der Waals surface area contributed by atoms with Gasteiger partial charge >= 0.3 is 6.01 Å². The number of phenols is 1. The topological polar surface area (TPSA) is 105 Å². The molecule has 2 N–H and O–H groups in total. The molecular weight excluding hydrogens is 551 g/mol. The van der Waals surface area contributed by atoms with Crippen molar-refractivity contribution in [2.75, 3.05) is 50.9 Å². The van der Waals surface area contributed by atoms with Crippen LogP contribution in [0.25, 0.3) is 32.9 Å². The van der Waals surface area contributed by atoms with E-state index in [1.807, 2.05) is 30.3 Å². The number of phenolic OH excluding ortho intramolecular Hbond substituents is 1. The summed E-state index contributed by atoms with van der Waals surface area (Å²) in [6.07, 6.45) is 1.48. The largest absolute Gasteiger partial charge is 0.508 e. The number of aromatic nitrogens is 3. The fraction of sp³-hybridized carbons (Fsp3) is 0.469. The smallest absolute Gasteiger partial charge is 0.319 e. The molecule has 43 heavy (non-hydrogen) atoms. The molecule has 0 saturated carbocycles. The molecule has 11 heteroatoms. The van der Waals surface area contributed by atoms with Crippen LogP contribution in [0.15, 0.2) is 47.3 Å². The second-order valence-corrected chi connectivity index (χ2v) is 12.5. The minimum absolute atomic E-state index is 0.00360. The third kappa shape index (κ3) is 4.36. The van der Waals surface area contributed by atoms with Gasteiger partial charge in [0.1, 0.15) is 29.7 Å². The number of nitrogens with zero attached hydrogens (tertiary/aromatic N) is 5. The summed E-state index contributed by atoms with van der Waals surface area (Å²) in [5.74, 6) is 0.661. The van der Waals surface area contributed by atoms with E-state index in [0.717, 1.165) is 35.7 Å². The minimum Gasteiger partial charge on any atom is -0.508 e. The molecule has 4 aliphatic heterocycles. The summed E-state index contributed by atoms with van der Waals surface area (Å²) >= 11 is 0. The van der Waals surface area contributed by atoms with Crippen molar-refractivity contribution in [1.82, 2.24) is 24.8 Å². The van der Waals surface area contributed by atoms with Crippen LogP contribution in [0.1, 0.15) is 19.3 Å². The summed E-state index contributed by atoms with van der Waals surface area (Å²) < 4.78 is 28.3. The number of nitrogens with one attached hydrogen (secondary N) is 1. The zero-order chi connectivity index (χ0) is 29.3. The molecule has 10 nitrogen and oxygen atoms in total. The molecule has 2 unspecified atom stereocenters. The molecule has 8 rings (SSSR count). The van der Waals surface area contributed by atoms with Gasteiger partial charge in [0.25, 0.3) is 5.56 Å². The molecule has 0 aliphatic carbocycles. The van der Waals surface area contributed by atoms with Crippen LogP contribution in [-0.4, -0.2) is 94.3 Å². The highest BCUT2D eigenvalue weighted by Crippen LogP contribution is 2.41. The van der Waals surface area contributed by atoms with Gasteiger partial charge in [0.05, 0.1) is 42.0 Å². The van der Waals surface area contributed by atoms with Crippen LogP contribution in [0.4, 0.5) is 10.2 Å². The van der Waals surface area contributed by atoms with E-state index in [1.54, 1.807) is 23.7 Å². The van der Waals surface area contributed by atoms with Crippen LogP contribution in [-0.2, 0) is 11.8 Å². The molecule has 4 aromatic rings. The Labute approximate surface area is 248 Å². The molecule has 4 atom stereocenters. The Balaban J connectivity index is 1.30. The highest BCUT2D eigenvalue weighted by molar-refractivity contribution is 5.99. The zero-order valence-corrected chi connectivity index (χ0v) is 24.1. The summed E-state index contributed by atoms with van der Waals surface area (Å²) in [7, 11) is 1.74. The predicted molar refractivity (Wildman–Crippen MR) is 162 cm³/mol. The lowest BCUT2D eigenvalue weighted by molar-refractivity contribution is 0.0522. The van der Waals surface area contributed by atoms with E-state index < -0.39 is 6.17 Å². The van der Waals surface area contributed by atoms with Gasteiger partial charge in [-0.3, -0.25) is 9.69 Å². The monoisotopic (exact) mass is 586 g/mol. The van der Waals surface area contributed by atoms with E-state index in [-0.39, 0.29) is 34.9 Å². The van der Waals surface area contributed by atoms with E-state index in [0.29, 0.717) is 68.3 Å². The fourth-order valence-electron chi connectivity index (χ4n) is 7.80. The van der Waals surface area contributed by atoms with Crippen LogP contribution in [0.3, 0.4) is 0 Å². The first kappa shape index (κ1) is 26.8. The number of morpholine rings is 1. The summed E-state index contributed by atoms with van der Waals surface area (Å²) in [5, 5.41) is 16.3. The first-order chi connectivity index (χ1) is 20.9. The van der Waals surface area contributed by atoms with Gasteiger partial charge in [-0.2, -0.15) is 9.97 Å². The second-order valence-electron chi connectivity index (χ2n) is 12.5. The molecule has 224 valence electrons. The van der Waals surface area contributed by atoms with Crippen LogP contribution in [0.2, 0.25) is 0 Å². The number of rotatable bonds is 5. The SMILES string of the molecule is Cn1c(-c2cc(O)cc3ccccc23)cc2nc(OC[C@@]34CCCN3C[C@H](F)C4)nc(N3C4CNCC3COC4)c2c1=O. The number of aromatic hydroxyl groups is 1. The highest BCUT2D eigenvalue weighted by atomic mass is 19.1. The number of pyridine rings is 1. The van der Waals surface area contributed by atoms with Crippen molar-refractivity contribution in [2.24, 2.45) is 7.05 Å². The number of alkyl halides is 1. The van der Waals surface area contributed by atoms with E-state index in [1.165, 1.54) is 0 Å². The Kier molecular flexibility index (Phi) is 6.32. The predicted octanol–water partition coefficient (Wildman–Crippen LogP) is 2.99. The Morgan fingerprint density at radius 3 is 2.81 bits per heavy atom. The minimum atomic E-state index is -0.861. The number of piperazine rings is 1. The van der Waals surface area contributed by atoms with E-state index >= 15 is 0 Å². The van der Waals surface area contributed by atoms with Crippen molar-refractivity contribution in [2.45, 2.75) is 43.1 Å². The first-order valence-electron chi connectivity index (χ1n) is 15.1. The molecule has 6 heterocycles. The van der Waals surface area contributed by atoms with Crippen LogP contribution < -0.4 is 20.5 Å². The number of hydrogen-bond donors (Lipinski definition) is 2. The zero-order valence-electron chi connectivity index (χ0n) is 24.1. The molecule has 4 fully saturated rings. The quantitative estimate of drug-likeness (QED) is 0.365. The molecule has 0 amide bonds. The number of benzene rings is 2. The average Bonchev–Trinajstić information content (AvgIpc) is 3.52. The van der Waals surface area contributed by atoms with Crippen molar-refractivity contribution in [3.8, 4) is 23.0 Å². The van der Waals surface area contributed by atoms with Crippen molar-refractivity contribution < 1.29 is 19.0 Å². The maximum Gasteiger partial charge on any atom is 0.319 e. The van der Waals surface area contributed by atoms with Gasteiger partial charge in [-0.05, 0) is 48.4 Å². The van der Waals surface area contributed by atoms with Crippen molar-refractivity contribution >= 4 is 27.5 Å². The van der Waals surface area contributed by atoms with Crippen molar-refractivity contribution in [3.63, 3.8) is 0 Å². The van der Waals surface area contributed by atoms with Crippen molar-refractivity contribution in [1.29, 1.82) is 0 Å². The normalized spacial score (nSPS) is 27.2. The maximum atomic E-state index is 14.5. The number of fused-ring (bicyclic) bond motifs is 5. The van der Waals surface area contributed by atoms with E-state index in [9.17, 15) is 14.3 Å².